The van der Waals surface area contributed by atoms with Crippen molar-refractivity contribution in [1.82, 2.24) is 0 Å². The van der Waals surface area contributed by atoms with Crippen molar-refractivity contribution < 1.29 is 24.6 Å². The summed E-state index contributed by atoms with van der Waals surface area (Å²) in [5, 5.41) is 18.6. The number of hydrogen-bond donors (Lipinski definition) is 2. The average molecular weight is 278 g/mol. The fourth-order valence-corrected chi connectivity index (χ4v) is 1.81. The molecule has 0 spiro atoms. The number of hydrogen-bond acceptors (Lipinski definition) is 4. The normalized spacial score (nSPS) is 12.2. The van der Waals surface area contributed by atoms with Crippen LogP contribution < -0.4 is 0 Å². The van der Waals surface area contributed by atoms with Crippen LogP contribution in [0.25, 0.3) is 0 Å². The zero-order valence-corrected chi connectivity index (χ0v) is 11.5. The van der Waals surface area contributed by atoms with Crippen molar-refractivity contribution in [3.05, 3.63) is 35.4 Å². The molecule has 0 aliphatic heterocycles. The summed E-state index contributed by atoms with van der Waals surface area (Å²) < 4.78 is 0. The molecule has 5 heteroatoms. The van der Waals surface area contributed by atoms with Gasteiger partial charge in [0.25, 0.3) is 5.78 Å². The molecule has 0 bridgehead atoms. The fourth-order valence-electron chi connectivity index (χ4n) is 1.81. The summed E-state index contributed by atoms with van der Waals surface area (Å²) in [6.45, 7) is 3.94. The van der Waals surface area contributed by atoms with E-state index >= 15 is 0 Å². The second-order valence-electron chi connectivity index (χ2n) is 5.03. The third-order valence-electron chi connectivity index (χ3n) is 2.95. The van der Waals surface area contributed by atoms with E-state index in [0.717, 1.165) is 0 Å². The highest BCUT2D eigenvalue weighted by molar-refractivity contribution is 6.41. The molecule has 0 fully saturated rings. The smallest absolute Gasteiger partial charge is 0.377 e. The molecule has 0 amide bonds. The van der Waals surface area contributed by atoms with Gasteiger partial charge >= 0.3 is 5.97 Å². The van der Waals surface area contributed by atoms with Crippen LogP contribution in [0, 0.1) is 5.92 Å². The topological polar surface area (TPSA) is 91.7 Å². The minimum Gasteiger partial charge on any atom is -0.475 e. The molecule has 20 heavy (non-hydrogen) atoms. The van der Waals surface area contributed by atoms with Gasteiger partial charge in [0.05, 0.1) is 0 Å². The Balaban J connectivity index is 2.98. The Labute approximate surface area is 117 Å². The molecule has 0 aromatic heterocycles. The molecule has 0 saturated carbocycles. The first kappa shape index (κ1) is 16.0. The third kappa shape index (κ3) is 3.99. The Morgan fingerprint density at radius 3 is 2.10 bits per heavy atom. The number of aliphatic hydroxyl groups is 1. The van der Waals surface area contributed by atoms with Crippen molar-refractivity contribution in [3.8, 4) is 0 Å². The summed E-state index contributed by atoms with van der Waals surface area (Å²) in [4.78, 5) is 34.4. The number of aliphatic hydroxyl groups excluding tert-OH is 1. The number of aliphatic carboxylic acids is 1. The molecule has 2 N–H and O–H groups in total. The molecule has 1 atom stereocenters. The second-order valence-corrected chi connectivity index (χ2v) is 5.03. The molecule has 0 aliphatic rings. The molecule has 1 unspecified atom stereocenters. The lowest BCUT2D eigenvalue weighted by Crippen LogP contribution is -2.25. The highest BCUT2D eigenvalue weighted by Gasteiger charge is 2.25. The highest BCUT2D eigenvalue weighted by atomic mass is 16.4. The monoisotopic (exact) mass is 278 g/mol. The summed E-state index contributed by atoms with van der Waals surface area (Å²) in [5.41, 5.74) is -0.232. The summed E-state index contributed by atoms with van der Waals surface area (Å²) in [5.74, 6) is -3.05. The number of carbonyl (C=O) groups excluding carboxylic acids is 2. The molecular weight excluding hydrogens is 260 g/mol. The van der Waals surface area contributed by atoms with E-state index in [4.69, 9.17) is 5.11 Å². The Hall–Kier alpha value is -2.01. The van der Waals surface area contributed by atoms with E-state index in [-0.39, 0.29) is 17.5 Å². The Bertz CT molecular complexity index is 519. The Kier molecular flexibility index (Phi) is 5.58. The Morgan fingerprint density at radius 2 is 1.60 bits per heavy atom. The number of Topliss-reactive ketones (excluding diaryl/α,β-unsaturated/α-hetero) is 2. The van der Waals surface area contributed by atoms with Crippen LogP contribution in [-0.4, -0.2) is 33.9 Å². The molecule has 5 nitrogen and oxygen atoms in total. The molecule has 0 heterocycles. The lowest BCUT2D eigenvalue weighted by atomic mass is 9.94. The lowest BCUT2D eigenvalue weighted by Gasteiger charge is -2.13. The SMILES string of the molecule is CC(C)CCC(O)C(=O)c1ccccc1C(=O)C(=O)O. The minimum atomic E-state index is -1.62. The van der Waals surface area contributed by atoms with Crippen LogP contribution in [0.5, 0.6) is 0 Å². The van der Waals surface area contributed by atoms with Gasteiger partial charge in [0, 0.05) is 11.1 Å². The van der Waals surface area contributed by atoms with Crippen LogP contribution >= 0.6 is 0 Å². The molecule has 1 aromatic carbocycles. The maximum Gasteiger partial charge on any atom is 0.377 e. The summed E-state index contributed by atoms with van der Waals surface area (Å²) in [7, 11) is 0. The quantitative estimate of drug-likeness (QED) is 0.587. The average Bonchev–Trinajstić information content (AvgIpc) is 2.42. The maximum atomic E-state index is 12.1. The standard InChI is InChI=1S/C15H18O5/c1-9(2)7-8-12(16)13(17)10-5-3-4-6-11(10)14(18)15(19)20/h3-6,9,12,16H,7-8H2,1-2H3,(H,19,20). The van der Waals surface area contributed by atoms with E-state index in [1.165, 1.54) is 24.3 Å². The van der Waals surface area contributed by atoms with Gasteiger partial charge in [0.2, 0.25) is 0 Å². The van der Waals surface area contributed by atoms with Crippen LogP contribution in [0.3, 0.4) is 0 Å². The van der Waals surface area contributed by atoms with Crippen LogP contribution in [0.2, 0.25) is 0 Å². The lowest BCUT2D eigenvalue weighted by molar-refractivity contribution is -0.131. The molecule has 0 aliphatic carbocycles. The summed E-state index contributed by atoms with van der Waals surface area (Å²) >= 11 is 0. The van der Waals surface area contributed by atoms with E-state index in [1.807, 2.05) is 13.8 Å². The first-order chi connectivity index (χ1) is 9.34. The number of benzene rings is 1. The molecule has 1 rings (SSSR count). The van der Waals surface area contributed by atoms with E-state index in [9.17, 15) is 19.5 Å². The summed E-state index contributed by atoms with van der Waals surface area (Å²) in [6, 6.07) is 5.64. The zero-order valence-electron chi connectivity index (χ0n) is 11.5. The van der Waals surface area contributed by atoms with Gasteiger partial charge in [0.1, 0.15) is 6.10 Å². The van der Waals surface area contributed by atoms with Crippen LogP contribution in [0.4, 0.5) is 0 Å². The third-order valence-corrected chi connectivity index (χ3v) is 2.95. The number of carboxylic acid groups (broad SMARTS) is 1. The number of carboxylic acids is 1. The first-order valence-corrected chi connectivity index (χ1v) is 6.43. The van der Waals surface area contributed by atoms with Crippen molar-refractivity contribution in [2.75, 3.05) is 0 Å². The van der Waals surface area contributed by atoms with Crippen LogP contribution in [0.1, 0.15) is 47.4 Å². The van der Waals surface area contributed by atoms with Crippen LogP contribution in [-0.2, 0) is 4.79 Å². The van der Waals surface area contributed by atoms with Crippen molar-refractivity contribution in [2.45, 2.75) is 32.8 Å². The van der Waals surface area contributed by atoms with Gasteiger partial charge in [-0.2, -0.15) is 0 Å². The van der Waals surface area contributed by atoms with E-state index in [2.05, 4.69) is 0 Å². The van der Waals surface area contributed by atoms with Crippen LogP contribution in [0.15, 0.2) is 24.3 Å². The van der Waals surface area contributed by atoms with Crippen molar-refractivity contribution in [3.63, 3.8) is 0 Å². The van der Waals surface area contributed by atoms with Crippen molar-refractivity contribution in [2.24, 2.45) is 5.92 Å². The molecule has 1 aromatic rings. The molecular formula is C15H18O5. The van der Waals surface area contributed by atoms with Crippen molar-refractivity contribution >= 4 is 17.5 Å². The second kappa shape index (κ2) is 6.96. The van der Waals surface area contributed by atoms with Gasteiger partial charge in [-0.15, -0.1) is 0 Å². The molecule has 0 saturated heterocycles. The van der Waals surface area contributed by atoms with Gasteiger partial charge < -0.3 is 10.2 Å². The summed E-state index contributed by atoms with van der Waals surface area (Å²) in [6.07, 6.45) is -0.270. The van der Waals surface area contributed by atoms with Gasteiger partial charge in [-0.05, 0) is 18.8 Å². The minimum absolute atomic E-state index is 0.0452. The van der Waals surface area contributed by atoms with Gasteiger partial charge in [-0.1, -0.05) is 38.1 Å². The Morgan fingerprint density at radius 1 is 1.05 bits per heavy atom. The van der Waals surface area contributed by atoms with E-state index in [0.29, 0.717) is 12.3 Å². The first-order valence-electron chi connectivity index (χ1n) is 6.43. The van der Waals surface area contributed by atoms with Gasteiger partial charge in [-0.25, -0.2) is 4.79 Å². The molecule has 0 radical (unpaired) electrons. The highest BCUT2D eigenvalue weighted by Crippen LogP contribution is 2.16. The predicted octanol–water partition coefficient (Wildman–Crippen LogP) is 1.93. The zero-order chi connectivity index (χ0) is 15.3. The fraction of sp³-hybridized carbons (Fsp3) is 0.400. The molecule has 108 valence electrons. The largest absolute Gasteiger partial charge is 0.475 e. The van der Waals surface area contributed by atoms with Crippen molar-refractivity contribution in [1.29, 1.82) is 0 Å². The number of ketones is 2. The number of carbonyl (C=O) groups is 3. The van der Waals surface area contributed by atoms with Gasteiger partial charge in [0.15, 0.2) is 5.78 Å². The predicted molar refractivity (Wildman–Crippen MR) is 72.8 cm³/mol. The van der Waals surface area contributed by atoms with E-state index in [1.54, 1.807) is 0 Å². The number of rotatable bonds is 7. The maximum absolute atomic E-state index is 12.1. The van der Waals surface area contributed by atoms with Gasteiger partial charge in [-0.3, -0.25) is 9.59 Å². The van der Waals surface area contributed by atoms with E-state index < -0.39 is 23.6 Å².